The molecule has 0 atom stereocenters. The number of aryl methyl sites for hydroxylation is 4. The predicted molar refractivity (Wildman–Crippen MR) is 79.8 cm³/mol. The summed E-state index contributed by atoms with van der Waals surface area (Å²) in [6, 6.07) is 0. The van der Waals surface area contributed by atoms with Crippen LogP contribution < -0.4 is 5.32 Å². The van der Waals surface area contributed by atoms with E-state index in [9.17, 15) is 0 Å². The monoisotopic (exact) mass is 283 g/mol. The van der Waals surface area contributed by atoms with E-state index in [1.807, 2.05) is 36.5 Å². The number of hydrogen-bond acceptors (Lipinski definition) is 3. The molecule has 2 aromatic heterocycles. The largest absolute Gasteiger partial charge is 0.378 e. The molecule has 0 aromatic carbocycles. The number of nitrogens with one attached hydrogen (secondary N) is 1. The first kappa shape index (κ1) is 15.6. The molecule has 5 nitrogen and oxygen atoms in total. The molecule has 19 heavy (non-hydrogen) atoms. The summed E-state index contributed by atoms with van der Waals surface area (Å²) in [6.45, 7) is 7.98. The summed E-state index contributed by atoms with van der Waals surface area (Å²) in [6.07, 6.45) is 5.22. The van der Waals surface area contributed by atoms with Gasteiger partial charge in [0.25, 0.3) is 0 Å². The van der Waals surface area contributed by atoms with Crippen molar-refractivity contribution in [1.29, 1.82) is 0 Å². The van der Waals surface area contributed by atoms with E-state index in [4.69, 9.17) is 0 Å². The summed E-state index contributed by atoms with van der Waals surface area (Å²) in [5.41, 5.74) is 4.44. The molecule has 0 spiro atoms. The van der Waals surface area contributed by atoms with Crippen LogP contribution in [0.15, 0.2) is 12.4 Å². The van der Waals surface area contributed by atoms with Crippen LogP contribution in [0.4, 0.5) is 5.69 Å². The minimum absolute atomic E-state index is 0. The highest BCUT2D eigenvalue weighted by Crippen LogP contribution is 2.15. The van der Waals surface area contributed by atoms with Crippen molar-refractivity contribution in [2.24, 2.45) is 7.05 Å². The maximum atomic E-state index is 4.47. The zero-order valence-corrected chi connectivity index (χ0v) is 12.8. The number of aromatic nitrogens is 4. The van der Waals surface area contributed by atoms with Crippen LogP contribution in [-0.2, 0) is 20.1 Å². The summed E-state index contributed by atoms with van der Waals surface area (Å²) in [4.78, 5) is 0. The highest BCUT2D eigenvalue weighted by Gasteiger charge is 2.06. The first-order valence-corrected chi connectivity index (χ1v) is 6.37. The number of halogens is 1. The molecule has 2 aromatic rings. The molecule has 106 valence electrons. The Morgan fingerprint density at radius 3 is 2.47 bits per heavy atom. The van der Waals surface area contributed by atoms with Crippen LogP contribution in [0.1, 0.15) is 30.3 Å². The first-order valence-electron chi connectivity index (χ1n) is 6.37. The van der Waals surface area contributed by atoms with E-state index in [1.54, 1.807) is 0 Å². The van der Waals surface area contributed by atoms with Crippen molar-refractivity contribution in [3.63, 3.8) is 0 Å². The Kier molecular flexibility index (Phi) is 5.42. The second-order valence-corrected chi connectivity index (χ2v) is 4.66. The van der Waals surface area contributed by atoms with E-state index in [-0.39, 0.29) is 12.4 Å². The highest BCUT2D eigenvalue weighted by molar-refractivity contribution is 5.85. The Hall–Kier alpha value is -1.49. The van der Waals surface area contributed by atoms with Crippen molar-refractivity contribution >= 4 is 18.1 Å². The SMILES string of the molecule is CCCn1cc(NCc2cn(C)nc2C)c(C)n1.Cl. The van der Waals surface area contributed by atoms with Gasteiger partial charge in [-0.25, -0.2) is 0 Å². The van der Waals surface area contributed by atoms with Crippen LogP contribution >= 0.6 is 12.4 Å². The van der Waals surface area contributed by atoms with Gasteiger partial charge in [-0.1, -0.05) is 6.92 Å². The molecule has 2 rings (SSSR count). The molecule has 6 heteroatoms. The molecule has 0 saturated heterocycles. The average molecular weight is 284 g/mol. The van der Waals surface area contributed by atoms with E-state index < -0.39 is 0 Å². The Labute approximate surface area is 120 Å². The topological polar surface area (TPSA) is 47.7 Å². The lowest BCUT2D eigenvalue weighted by Gasteiger charge is -2.03. The van der Waals surface area contributed by atoms with Gasteiger partial charge in [-0.15, -0.1) is 12.4 Å². The minimum atomic E-state index is 0. The molecule has 0 radical (unpaired) electrons. The molecule has 2 heterocycles. The lowest BCUT2D eigenvalue weighted by atomic mass is 10.2. The van der Waals surface area contributed by atoms with Gasteiger partial charge in [0.1, 0.15) is 0 Å². The van der Waals surface area contributed by atoms with Gasteiger partial charge >= 0.3 is 0 Å². The minimum Gasteiger partial charge on any atom is -0.378 e. The molecule has 0 aliphatic rings. The third-order valence-corrected chi connectivity index (χ3v) is 2.98. The third-order valence-electron chi connectivity index (χ3n) is 2.98. The van der Waals surface area contributed by atoms with Crippen LogP contribution in [-0.4, -0.2) is 19.6 Å². The summed E-state index contributed by atoms with van der Waals surface area (Å²) in [5.74, 6) is 0. The van der Waals surface area contributed by atoms with E-state index in [0.29, 0.717) is 0 Å². The van der Waals surface area contributed by atoms with Gasteiger partial charge in [0.15, 0.2) is 0 Å². The molecule has 0 saturated carbocycles. The van der Waals surface area contributed by atoms with Gasteiger partial charge in [-0.3, -0.25) is 9.36 Å². The number of anilines is 1. The van der Waals surface area contributed by atoms with E-state index in [2.05, 4.69) is 28.6 Å². The second-order valence-electron chi connectivity index (χ2n) is 4.66. The molecular weight excluding hydrogens is 262 g/mol. The average Bonchev–Trinajstić information content (AvgIpc) is 2.80. The second kappa shape index (κ2) is 6.61. The summed E-state index contributed by atoms with van der Waals surface area (Å²) >= 11 is 0. The van der Waals surface area contributed by atoms with Crippen molar-refractivity contribution in [3.8, 4) is 0 Å². The standard InChI is InChI=1S/C13H21N5.ClH/c1-5-6-18-9-13(11(3)16-18)14-7-12-8-17(4)15-10(12)2;/h8-9,14H,5-7H2,1-4H3;1H. The molecular formula is C13H22ClN5. The van der Waals surface area contributed by atoms with Crippen molar-refractivity contribution < 1.29 is 0 Å². The third kappa shape index (κ3) is 3.73. The quantitative estimate of drug-likeness (QED) is 0.918. The van der Waals surface area contributed by atoms with E-state index in [0.717, 1.165) is 36.6 Å². The fourth-order valence-electron chi connectivity index (χ4n) is 2.05. The van der Waals surface area contributed by atoms with Crippen molar-refractivity contribution in [1.82, 2.24) is 19.6 Å². The smallest absolute Gasteiger partial charge is 0.0825 e. The number of hydrogen-bond donors (Lipinski definition) is 1. The summed E-state index contributed by atoms with van der Waals surface area (Å²) in [7, 11) is 1.95. The van der Waals surface area contributed by atoms with Gasteiger partial charge in [0.2, 0.25) is 0 Å². The fourth-order valence-corrected chi connectivity index (χ4v) is 2.05. The van der Waals surface area contributed by atoms with Gasteiger partial charge in [0.05, 0.1) is 17.1 Å². The Morgan fingerprint density at radius 1 is 1.16 bits per heavy atom. The zero-order valence-electron chi connectivity index (χ0n) is 12.0. The first-order chi connectivity index (χ1) is 8.60. The molecule has 0 aliphatic carbocycles. The van der Waals surface area contributed by atoms with Crippen LogP contribution in [0.25, 0.3) is 0 Å². The maximum Gasteiger partial charge on any atom is 0.0825 e. The molecule has 1 N–H and O–H groups in total. The summed E-state index contributed by atoms with van der Waals surface area (Å²) in [5, 5.41) is 12.2. The van der Waals surface area contributed by atoms with Gasteiger partial charge in [-0.05, 0) is 20.3 Å². The van der Waals surface area contributed by atoms with Gasteiger partial charge < -0.3 is 5.32 Å². The molecule has 0 amide bonds. The van der Waals surface area contributed by atoms with E-state index >= 15 is 0 Å². The van der Waals surface area contributed by atoms with E-state index in [1.165, 1.54) is 5.56 Å². The lowest BCUT2D eigenvalue weighted by molar-refractivity contribution is 0.598. The van der Waals surface area contributed by atoms with Crippen LogP contribution in [0, 0.1) is 13.8 Å². The number of rotatable bonds is 5. The predicted octanol–water partition coefficient (Wildman–Crippen LogP) is 2.68. The van der Waals surface area contributed by atoms with Crippen molar-refractivity contribution in [3.05, 3.63) is 29.3 Å². The molecule has 0 unspecified atom stereocenters. The molecule has 0 fully saturated rings. The van der Waals surface area contributed by atoms with Crippen LogP contribution in [0.5, 0.6) is 0 Å². The Balaban J connectivity index is 0.00000180. The maximum absolute atomic E-state index is 4.47. The van der Waals surface area contributed by atoms with Crippen molar-refractivity contribution in [2.45, 2.75) is 40.3 Å². The van der Waals surface area contributed by atoms with Crippen molar-refractivity contribution in [2.75, 3.05) is 5.32 Å². The molecule has 0 bridgehead atoms. The molecule has 0 aliphatic heterocycles. The zero-order chi connectivity index (χ0) is 13.1. The van der Waals surface area contributed by atoms with Gasteiger partial charge in [0, 0.05) is 38.1 Å². The summed E-state index contributed by atoms with van der Waals surface area (Å²) < 4.78 is 3.84. The Morgan fingerprint density at radius 2 is 1.89 bits per heavy atom. The normalized spacial score (nSPS) is 10.3. The van der Waals surface area contributed by atoms with Gasteiger partial charge in [-0.2, -0.15) is 10.2 Å². The Bertz CT molecular complexity index is 529. The number of nitrogens with zero attached hydrogens (tertiary/aromatic N) is 4. The van der Waals surface area contributed by atoms with Crippen LogP contribution in [0.3, 0.4) is 0 Å². The lowest BCUT2D eigenvalue weighted by Crippen LogP contribution is -2.00. The van der Waals surface area contributed by atoms with Crippen LogP contribution in [0.2, 0.25) is 0 Å². The fraction of sp³-hybridized carbons (Fsp3) is 0.538. The highest BCUT2D eigenvalue weighted by atomic mass is 35.5.